The summed E-state index contributed by atoms with van der Waals surface area (Å²) in [5, 5.41) is 0.0141. The van der Waals surface area contributed by atoms with Gasteiger partial charge in [-0.25, -0.2) is 9.22 Å². The Hall–Kier alpha value is -3.29. The largest absolute Gasteiger partial charge is 0.492 e. The molecule has 0 unspecified atom stereocenters. The molecule has 0 amide bonds. The van der Waals surface area contributed by atoms with E-state index < -0.39 is 15.1 Å². The Kier molecular flexibility index (Phi) is 8.79. The van der Waals surface area contributed by atoms with E-state index in [1.54, 1.807) is 0 Å². The van der Waals surface area contributed by atoms with Crippen LogP contribution in [0.25, 0.3) is 0 Å². The molecule has 0 radical (unpaired) electrons. The predicted octanol–water partition coefficient (Wildman–Crippen LogP) is 7.31. The van der Waals surface area contributed by atoms with Gasteiger partial charge in [0.25, 0.3) is 0 Å². The van der Waals surface area contributed by atoms with Gasteiger partial charge in [0, 0.05) is 6.42 Å². The molecular weight excluding hydrogens is 494 g/mol. The van der Waals surface area contributed by atoms with Crippen molar-refractivity contribution in [1.82, 2.24) is 0 Å². The fraction of sp³-hybridized carbons (Fsp3) is 0.387. The Morgan fingerprint density at radius 2 is 1.50 bits per heavy atom. The first-order valence-electron chi connectivity index (χ1n) is 13.2. The minimum absolute atomic E-state index is 0.0141. The number of hydrogen-bond donors (Lipinski definition) is 0. The molecule has 4 rings (SSSR count). The van der Waals surface area contributed by atoms with Crippen LogP contribution in [0.3, 0.4) is 0 Å². The van der Waals surface area contributed by atoms with Gasteiger partial charge in [-0.15, -0.1) is 0 Å². The highest BCUT2D eigenvalue weighted by Gasteiger charge is 2.43. The number of carbonyl (C=O) groups excluding carboxylic acids is 1. The number of ether oxygens (including phenoxy) is 3. The zero-order valence-corrected chi connectivity index (χ0v) is 24.2. The van der Waals surface area contributed by atoms with Gasteiger partial charge < -0.3 is 19.1 Å². The molecule has 3 aromatic carbocycles. The maximum atomic E-state index is 12.8. The molecule has 3 aromatic rings. The Morgan fingerprint density at radius 1 is 0.921 bits per heavy atom. The first kappa shape index (κ1) is 27.7. The number of nitrogens with zero attached hydrogens (tertiary/aromatic N) is 1. The van der Waals surface area contributed by atoms with Gasteiger partial charge in [-0.05, 0) is 76.6 Å². The number of para-hydroxylation sites is 4. The number of esters is 1. The van der Waals surface area contributed by atoms with Gasteiger partial charge in [0.15, 0.2) is 17.6 Å². The van der Waals surface area contributed by atoms with Crippen molar-refractivity contribution in [2.45, 2.75) is 64.8 Å². The molecule has 7 heteroatoms. The standard InChI is InChI=1S/C31H38NO5Si/c1-22(2)35-30(33)29(37-38(6)31(3,4)5)21-23-15-17-24(18-16-23)34-20-19-32-25-11-7-9-13-27(25)36-28-14-10-8-12-26(28)32/h7-18,22,29H,19-21H2,1-6H3/q+1/t29-/m0/s1. The van der Waals surface area contributed by atoms with E-state index >= 15 is 0 Å². The Bertz CT molecular complexity index is 1180. The smallest absolute Gasteiger partial charge is 0.477 e. The van der Waals surface area contributed by atoms with Crippen LogP contribution in [-0.2, 0) is 20.4 Å². The van der Waals surface area contributed by atoms with Crippen molar-refractivity contribution in [3.8, 4) is 17.2 Å². The maximum absolute atomic E-state index is 12.8. The molecule has 38 heavy (non-hydrogen) atoms. The van der Waals surface area contributed by atoms with E-state index in [1.807, 2.05) is 74.5 Å². The van der Waals surface area contributed by atoms with E-state index in [0.717, 1.165) is 34.2 Å². The van der Waals surface area contributed by atoms with Crippen LogP contribution in [0.4, 0.5) is 11.4 Å². The lowest BCUT2D eigenvalue weighted by atomic mass is 10.1. The van der Waals surface area contributed by atoms with Crippen molar-refractivity contribution >= 4 is 26.4 Å². The minimum Gasteiger partial charge on any atom is -0.492 e. The fourth-order valence-electron chi connectivity index (χ4n) is 4.08. The van der Waals surface area contributed by atoms with Crippen LogP contribution in [0, 0.1) is 0 Å². The molecule has 1 aliphatic heterocycles. The van der Waals surface area contributed by atoms with Crippen molar-refractivity contribution in [2.75, 3.05) is 18.1 Å². The molecule has 0 fully saturated rings. The van der Waals surface area contributed by atoms with Crippen LogP contribution in [0.5, 0.6) is 17.2 Å². The van der Waals surface area contributed by atoms with Crippen molar-refractivity contribution in [2.24, 2.45) is 0 Å². The molecule has 0 spiro atoms. The average Bonchev–Trinajstić information content (AvgIpc) is 2.87. The predicted molar refractivity (Wildman–Crippen MR) is 153 cm³/mol. The second-order valence-corrected chi connectivity index (χ2v) is 13.6. The van der Waals surface area contributed by atoms with Gasteiger partial charge in [-0.3, -0.25) is 0 Å². The Labute approximate surface area is 228 Å². The van der Waals surface area contributed by atoms with Crippen molar-refractivity contribution < 1.29 is 23.4 Å². The normalized spacial score (nSPS) is 13.3. The van der Waals surface area contributed by atoms with Gasteiger partial charge >= 0.3 is 15.0 Å². The second-order valence-electron chi connectivity index (χ2n) is 10.8. The van der Waals surface area contributed by atoms with Crippen LogP contribution in [-0.4, -0.2) is 40.4 Å². The van der Waals surface area contributed by atoms with Gasteiger partial charge in [0.05, 0.1) is 30.6 Å². The molecule has 6 nitrogen and oxygen atoms in total. The average molecular weight is 533 g/mol. The lowest BCUT2D eigenvalue weighted by molar-refractivity contribution is -0.156. The molecular formula is C31H38NO5Si+. The molecule has 0 aliphatic carbocycles. The second kappa shape index (κ2) is 12.0. The third-order valence-electron chi connectivity index (χ3n) is 6.45. The van der Waals surface area contributed by atoms with Crippen molar-refractivity contribution in [3.05, 3.63) is 78.4 Å². The summed E-state index contributed by atoms with van der Waals surface area (Å²) in [5.74, 6) is 2.15. The number of anilines is 2. The highest BCUT2D eigenvalue weighted by atomic mass is 28.3. The first-order chi connectivity index (χ1) is 18.1. The highest BCUT2D eigenvalue weighted by Crippen LogP contribution is 2.45. The zero-order valence-electron chi connectivity index (χ0n) is 23.2. The Balaban J connectivity index is 1.39. The van der Waals surface area contributed by atoms with E-state index in [-0.39, 0.29) is 17.1 Å². The highest BCUT2D eigenvalue weighted by molar-refractivity contribution is 6.54. The van der Waals surface area contributed by atoms with Crippen LogP contribution >= 0.6 is 0 Å². The molecule has 0 N–H and O–H groups in total. The van der Waals surface area contributed by atoms with Crippen molar-refractivity contribution in [3.63, 3.8) is 0 Å². The minimum atomic E-state index is -1.21. The van der Waals surface area contributed by atoms with Gasteiger partial charge in [-0.1, -0.05) is 36.4 Å². The first-order valence-corrected chi connectivity index (χ1v) is 15.1. The zero-order chi connectivity index (χ0) is 27.3. The molecule has 0 aromatic heterocycles. The third kappa shape index (κ3) is 6.97. The summed E-state index contributed by atoms with van der Waals surface area (Å²) in [6.07, 6.45) is -0.341. The van der Waals surface area contributed by atoms with Crippen LogP contribution in [0.2, 0.25) is 11.6 Å². The van der Waals surface area contributed by atoms with E-state index in [2.05, 4.69) is 44.4 Å². The van der Waals surface area contributed by atoms with Crippen LogP contribution < -0.4 is 14.4 Å². The summed E-state index contributed by atoms with van der Waals surface area (Å²) >= 11 is 0. The summed E-state index contributed by atoms with van der Waals surface area (Å²) in [5.41, 5.74) is 3.05. The number of benzene rings is 3. The summed E-state index contributed by atoms with van der Waals surface area (Å²) in [4.78, 5) is 15.0. The molecule has 0 bridgehead atoms. The van der Waals surface area contributed by atoms with Crippen LogP contribution in [0.15, 0.2) is 72.8 Å². The maximum Gasteiger partial charge on any atom is 0.477 e. The van der Waals surface area contributed by atoms with E-state index in [9.17, 15) is 4.79 Å². The molecule has 1 atom stereocenters. The number of carbonyl (C=O) groups is 1. The lowest BCUT2D eigenvalue weighted by Gasteiger charge is -2.32. The third-order valence-corrected chi connectivity index (χ3v) is 9.20. The molecule has 0 saturated heterocycles. The summed E-state index contributed by atoms with van der Waals surface area (Å²) in [6.45, 7) is 13.4. The monoisotopic (exact) mass is 532 g/mol. The summed E-state index contributed by atoms with van der Waals surface area (Å²) in [6, 6.07) is 24.0. The topological polar surface area (TPSA) is 57.2 Å². The number of rotatable bonds is 10. The molecule has 200 valence electrons. The van der Waals surface area contributed by atoms with E-state index in [1.165, 1.54) is 0 Å². The molecule has 1 heterocycles. The lowest BCUT2D eigenvalue weighted by Crippen LogP contribution is -2.38. The van der Waals surface area contributed by atoms with Gasteiger partial charge in [0.1, 0.15) is 17.4 Å². The Morgan fingerprint density at radius 3 is 2.05 bits per heavy atom. The SMILES string of the molecule is CC(C)OC(=O)[C@H](Cc1ccc(OCCN2c3ccccc3Oc3ccccc32)cc1)O[Si+](C)C(C)(C)C. The van der Waals surface area contributed by atoms with E-state index in [4.69, 9.17) is 18.6 Å². The van der Waals surface area contributed by atoms with Crippen LogP contribution in [0.1, 0.15) is 40.2 Å². The van der Waals surface area contributed by atoms with Gasteiger partial charge in [0.2, 0.25) is 0 Å². The van der Waals surface area contributed by atoms with Crippen molar-refractivity contribution in [1.29, 1.82) is 0 Å². The summed E-state index contributed by atoms with van der Waals surface area (Å²) in [7, 11) is -1.21. The molecule has 1 aliphatic rings. The quantitative estimate of drug-likeness (QED) is 0.202. The fourth-order valence-corrected chi connectivity index (χ4v) is 5.04. The summed E-state index contributed by atoms with van der Waals surface area (Å²) < 4.78 is 24.0. The number of hydrogen-bond acceptors (Lipinski definition) is 6. The van der Waals surface area contributed by atoms with Gasteiger partial charge in [-0.2, -0.15) is 0 Å². The molecule has 0 saturated carbocycles. The van der Waals surface area contributed by atoms with E-state index in [0.29, 0.717) is 19.6 Å². The number of fused-ring (bicyclic) bond motifs is 2.